The molecule has 0 amide bonds. The lowest BCUT2D eigenvalue weighted by Crippen LogP contribution is -2.17. The molecule has 218 valence electrons. The van der Waals surface area contributed by atoms with E-state index in [4.69, 9.17) is 29.4 Å². The van der Waals surface area contributed by atoms with Gasteiger partial charge in [0.15, 0.2) is 5.82 Å². The summed E-state index contributed by atoms with van der Waals surface area (Å²) >= 11 is 0. The minimum absolute atomic E-state index is 0.236. The van der Waals surface area contributed by atoms with Crippen molar-refractivity contribution in [1.29, 1.82) is 0 Å². The highest BCUT2D eigenvalue weighted by Gasteiger charge is 2.28. The van der Waals surface area contributed by atoms with Gasteiger partial charge in [-0.05, 0) is 69.2 Å². The van der Waals surface area contributed by atoms with Crippen molar-refractivity contribution in [2.24, 2.45) is 9.98 Å². The second kappa shape index (κ2) is 10.9. The fraction of sp³-hybridized carbons (Fsp3) is 0.211. The van der Waals surface area contributed by atoms with Gasteiger partial charge in [-0.15, -0.1) is 0 Å². The lowest BCUT2D eigenvalue weighted by Gasteiger charge is -2.12. The highest BCUT2D eigenvalue weighted by molar-refractivity contribution is 5.97. The normalized spacial score (nSPS) is 16.5. The van der Waals surface area contributed by atoms with Crippen molar-refractivity contribution in [1.82, 2.24) is 9.97 Å². The quantitative estimate of drug-likeness (QED) is 0.203. The number of benzene rings is 4. The van der Waals surface area contributed by atoms with Crippen molar-refractivity contribution in [2.45, 2.75) is 38.8 Å². The van der Waals surface area contributed by atoms with Crippen LogP contribution in [0.15, 0.2) is 119 Å². The summed E-state index contributed by atoms with van der Waals surface area (Å²) in [5.74, 6) is 1.94. The fourth-order valence-electron chi connectivity index (χ4n) is 5.40. The Bertz CT molecular complexity index is 1810. The van der Waals surface area contributed by atoms with E-state index in [1.807, 2.05) is 36.4 Å². The Kier molecular flexibility index (Phi) is 6.85. The Morgan fingerprint density at radius 2 is 0.909 bits per heavy atom. The maximum absolute atomic E-state index is 5.95. The third kappa shape index (κ3) is 5.76. The van der Waals surface area contributed by atoms with Gasteiger partial charge < -0.3 is 9.47 Å². The van der Waals surface area contributed by atoms with Crippen LogP contribution in [0, 0.1) is 0 Å². The molecule has 0 aliphatic carbocycles. The summed E-state index contributed by atoms with van der Waals surface area (Å²) in [5, 5.41) is 0. The van der Waals surface area contributed by atoms with E-state index in [0.717, 1.165) is 44.8 Å². The van der Waals surface area contributed by atoms with Crippen molar-refractivity contribution in [3.63, 3.8) is 0 Å². The standard InChI is InChI=1S/C38H34N4O2/c1-37(2)23-43-35(41-37)30-14-8-12-28(20-30)33-22-32(27-18-16-26(17-19-27)25-10-6-5-7-11-25)39-34(40-33)29-13-9-15-31(21-29)36-42-38(3,4)24-44-36/h5-22H,23-24H2,1-4H3. The van der Waals surface area contributed by atoms with Crippen molar-refractivity contribution < 1.29 is 9.47 Å². The van der Waals surface area contributed by atoms with Gasteiger partial charge in [-0.2, -0.15) is 0 Å². The first-order valence-corrected chi connectivity index (χ1v) is 14.9. The molecule has 0 unspecified atom stereocenters. The van der Waals surface area contributed by atoms with Crippen LogP contribution in [-0.2, 0) is 9.47 Å². The summed E-state index contributed by atoms with van der Waals surface area (Å²) in [7, 11) is 0. The number of rotatable bonds is 6. The molecule has 4 aromatic carbocycles. The van der Waals surface area contributed by atoms with Crippen molar-refractivity contribution >= 4 is 11.8 Å². The van der Waals surface area contributed by atoms with Gasteiger partial charge in [-0.25, -0.2) is 20.0 Å². The van der Waals surface area contributed by atoms with Gasteiger partial charge in [0.05, 0.1) is 22.5 Å². The maximum atomic E-state index is 5.95. The molecule has 0 atom stereocenters. The number of hydrogen-bond acceptors (Lipinski definition) is 6. The number of hydrogen-bond donors (Lipinski definition) is 0. The smallest absolute Gasteiger partial charge is 0.216 e. The van der Waals surface area contributed by atoms with E-state index >= 15 is 0 Å². The van der Waals surface area contributed by atoms with Crippen LogP contribution in [0.3, 0.4) is 0 Å². The van der Waals surface area contributed by atoms with E-state index in [1.54, 1.807) is 0 Å². The Labute approximate surface area is 258 Å². The molecule has 0 saturated heterocycles. The summed E-state index contributed by atoms with van der Waals surface area (Å²) in [6.45, 7) is 9.42. The van der Waals surface area contributed by atoms with E-state index in [-0.39, 0.29) is 11.1 Å². The summed E-state index contributed by atoms with van der Waals surface area (Å²) in [5.41, 5.74) is 8.23. The number of aliphatic imine (C=N–C) groups is 2. The van der Waals surface area contributed by atoms with E-state index in [2.05, 4.69) is 100 Å². The van der Waals surface area contributed by atoms with Crippen LogP contribution >= 0.6 is 0 Å². The van der Waals surface area contributed by atoms with Gasteiger partial charge in [0, 0.05) is 27.8 Å². The molecule has 6 heteroatoms. The number of nitrogens with zero attached hydrogens (tertiary/aromatic N) is 4. The van der Waals surface area contributed by atoms with Crippen molar-refractivity contribution in [2.75, 3.05) is 13.2 Å². The summed E-state index contributed by atoms with van der Waals surface area (Å²) in [6, 6.07) is 37.3. The van der Waals surface area contributed by atoms with Gasteiger partial charge in [-0.1, -0.05) is 78.9 Å². The van der Waals surface area contributed by atoms with Crippen LogP contribution in [0.2, 0.25) is 0 Å². The molecule has 3 heterocycles. The lowest BCUT2D eigenvalue weighted by atomic mass is 10.0. The van der Waals surface area contributed by atoms with Gasteiger partial charge in [0.2, 0.25) is 11.8 Å². The monoisotopic (exact) mass is 578 g/mol. The van der Waals surface area contributed by atoms with Gasteiger partial charge in [0.25, 0.3) is 0 Å². The van der Waals surface area contributed by atoms with E-state index in [0.29, 0.717) is 30.8 Å². The fourth-order valence-corrected chi connectivity index (χ4v) is 5.40. The average Bonchev–Trinajstić information content (AvgIpc) is 3.62. The van der Waals surface area contributed by atoms with Gasteiger partial charge in [-0.3, -0.25) is 0 Å². The lowest BCUT2D eigenvalue weighted by molar-refractivity contribution is 0.279. The molecule has 1 aromatic heterocycles. The third-order valence-corrected chi connectivity index (χ3v) is 7.72. The summed E-state index contributed by atoms with van der Waals surface area (Å²) < 4.78 is 11.9. The molecule has 0 bridgehead atoms. The molecule has 5 aromatic rings. The molecule has 6 nitrogen and oxygen atoms in total. The van der Waals surface area contributed by atoms with Crippen LogP contribution in [-0.4, -0.2) is 46.1 Å². The minimum Gasteiger partial charge on any atom is -0.475 e. The van der Waals surface area contributed by atoms with E-state index < -0.39 is 0 Å². The zero-order chi connectivity index (χ0) is 30.3. The van der Waals surface area contributed by atoms with Crippen LogP contribution in [0.1, 0.15) is 38.8 Å². The minimum atomic E-state index is -0.242. The van der Waals surface area contributed by atoms with E-state index in [9.17, 15) is 0 Å². The summed E-state index contributed by atoms with van der Waals surface area (Å²) in [6.07, 6.45) is 0. The molecule has 0 radical (unpaired) electrons. The molecule has 44 heavy (non-hydrogen) atoms. The Morgan fingerprint density at radius 3 is 1.48 bits per heavy atom. The SMILES string of the molecule is CC1(C)COC(c2cccc(-c3cc(-c4ccc(-c5ccccc5)cc4)nc(-c4cccc(C5=NC(C)(C)CO5)c4)n3)c2)=N1. The molecule has 0 fully saturated rings. The van der Waals surface area contributed by atoms with Crippen LogP contribution < -0.4 is 0 Å². The zero-order valence-electron chi connectivity index (χ0n) is 25.4. The molecule has 7 rings (SSSR count). The second-order valence-electron chi connectivity index (χ2n) is 12.6. The first kappa shape index (κ1) is 27.7. The van der Waals surface area contributed by atoms with Gasteiger partial charge in [0.1, 0.15) is 13.2 Å². The molecule has 2 aliphatic heterocycles. The predicted octanol–water partition coefficient (Wildman–Crippen LogP) is 8.26. The largest absolute Gasteiger partial charge is 0.475 e. The topological polar surface area (TPSA) is 69.0 Å². The molecular formula is C38H34N4O2. The Balaban J connectivity index is 1.32. The molecule has 0 saturated carbocycles. The predicted molar refractivity (Wildman–Crippen MR) is 177 cm³/mol. The van der Waals surface area contributed by atoms with Gasteiger partial charge >= 0.3 is 0 Å². The Hall–Kier alpha value is -5.10. The number of ether oxygens (including phenoxy) is 2. The van der Waals surface area contributed by atoms with E-state index in [1.165, 1.54) is 5.56 Å². The highest BCUT2D eigenvalue weighted by Crippen LogP contribution is 2.31. The van der Waals surface area contributed by atoms with Crippen molar-refractivity contribution in [3.8, 4) is 45.0 Å². The maximum Gasteiger partial charge on any atom is 0.216 e. The molecular weight excluding hydrogens is 544 g/mol. The third-order valence-electron chi connectivity index (χ3n) is 7.72. The Morgan fingerprint density at radius 1 is 0.455 bits per heavy atom. The van der Waals surface area contributed by atoms with Crippen LogP contribution in [0.4, 0.5) is 0 Å². The second-order valence-corrected chi connectivity index (χ2v) is 12.6. The molecule has 0 N–H and O–H groups in total. The van der Waals surface area contributed by atoms with Crippen LogP contribution in [0.5, 0.6) is 0 Å². The van der Waals surface area contributed by atoms with Crippen LogP contribution in [0.25, 0.3) is 45.0 Å². The number of aromatic nitrogens is 2. The first-order valence-electron chi connectivity index (χ1n) is 14.9. The zero-order valence-corrected chi connectivity index (χ0v) is 25.4. The highest BCUT2D eigenvalue weighted by atomic mass is 16.5. The van der Waals surface area contributed by atoms with Crippen molar-refractivity contribution in [3.05, 3.63) is 120 Å². The first-order chi connectivity index (χ1) is 21.2. The molecule has 2 aliphatic rings. The molecule has 0 spiro atoms. The average molecular weight is 579 g/mol. The summed E-state index contributed by atoms with van der Waals surface area (Å²) in [4.78, 5) is 19.7.